The Morgan fingerprint density at radius 1 is 1.27 bits per heavy atom. The Labute approximate surface area is 128 Å². The molecule has 22 heavy (non-hydrogen) atoms. The molecule has 1 atom stereocenters. The molecule has 0 N–H and O–H groups in total. The summed E-state index contributed by atoms with van der Waals surface area (Å²) in [4.78, 5) is 26.6. The minimum Gasteiger partial charge on any atom is -0.368 e. The molecule has 1 amide bonds. The van der Waals surface area contributed by atoms with Gasteiger partial charge in [-0.05, 0) is 18.9 Å². The molecular formula is C15H19N3O4. The largest absolute Gasteiger partial charge is 0.368 e. The number of hydrogen-bond acceptors (Lipinski definition) is 5. The van der Waals surface area contributed by atoms with Gasteiger partial charge in [-0.1, -0.05) is 6.07 Å². The number of anilines is 1. The number of nitro benzene ring substituents is 1. The number of amides is 1. The summed E-state index contributed by atoms with van der Waals surface area (Å²) in [5.74, 6) is 0.0798. The van der Waals surface area contributed by atoms with Gasteiger partial charge in [-0.2, -0.15) is 0 Å². The molecular weight excluding hydrogens is 286 g/mol. The Hall–Kier alpha value is -2.15. The van der Waals surface area contributed by atoms with Gasteiger partial charge in [0, 0.05) is 50.6 Å². The maximum absolute atomic E-state index is 12.3. The smallest absolute Gasteiger partial charge is 0.271 e. The number of ether oxygens (including phenoxy) is 1. The maximum atomic E-state index is 12.3. The van der Waals surface area contributed by atoms with Crippen LogP contribution in [0, 0.1) is 10.1 Å². The van der Waals surface area contributed by atoms with Crippen LogP contribution in [0.4, 0.5) is 11.4 Å². The molecule has 0 aromatic heterocycles. The predicted molar refractivity (Wildman–Crippen MR) is 80.9 cm³/mol. The van der Waals surface area contributed by atoms with Crippen molar-refractivity contribution in [3.63, 3.8) is 0 Å². The molecule has 0 spiro atoms. The lowest BCUT2D eigenvalue weighted by atomic mass is 10.2. The van der Waals surface area contributed by atoms with E-state index in [2.05, 4.69) is 4.90 Å². The Balaban J connectivity index is 1.60. The van der Waals surface area contributed by atoms with Crippen molar-refractivity contribution < 1.29 is 14.5 Å². The lowest BCUT2D eigenvalue weighted by molar-refractivity contribution is -0.384. The number of carbonyl (C=O) groups excluding carboxylic acids is 1. The van der Waals surface area contributed by atoms with E-state index in [1.54, 1.807) is 12.1 Å². The number of carbonyl (C=O) groups is 1. The third-order valence-electron chi connectivity index (χ3n) is 4.20. The summed E-state index contributed by atoms with van der Waals surface area (Å²) in [5.41, 5.74) is 0.925. The molecule has 1 unspecified atom stereocenters. The van der Waals surface area contributed by atoms with Gasteiger partial charge >= 0.3 is 0 Å². The highest BCUT2D eigenvalue weighted by Gasteiger charge is 2.30. The van der Waals surface area contributed by atoms with E-state index in [9.17, 15) is 14.9 Å². The maximum Gasteiger partial charge on any atom is 0.271 e. The summed E-state index contributed by atoms with van der Waals surface area (Å²) in [6.07, 6.45) is 1.48. The molecule has 118 valence electrons. The van der Waals surface area contributed by atoms with E-state index in [-0.39, 0.29) is 22.6 Å². The normalized spacial score (nSPS) is 21.9. The van der Waals surface area contributed by atoms with E-state index in [0.29, 0.717) is 32.8 Å². The fourth-order valence-corrected chi connectivity index (χ4v) is 2.96. The number of nitro groups is 1. The van der Waals surface area contributed by atoms with E-state index in [0.717, 1.165) is 18.5 Å². The number of hydrogen-bond donors (Lipinski definition) is 0. The third-order valence-corrected chi connectivity index (χ3v) is 4.20. The molecule has 3 rings (SSSR count). The van der Waals surface area contributed by atoms with Gasteiger partial charge in [0.1, 0.15) is 6.10 Å². The van der Waals surface area contributed by atoms with Crippen molar-refractivity contribution in [3.8, 4) is 0 Å². The summed E-state index contributed by atoms with van der Waals surface area (Å²) >= 11 is 0. The minimum atomic E-state index is -0.388. The molecule has 7 heteroatoms. The van der Waals surface area contributed by atoms with Crippen LogP contribution in [-0.2, 0) is 9.53 Å². The van der Waals surface area contributed by atoms with E-state index in [1.807, 2.05) is 11.0 Å². The lowest BCUT2D eigenvalue weighted by Crippen LogP contribution is -2.51. The van der Waals surface area contributed by atoms with Crippen molar-refractivity contribution in [3.05, 3.63) is 34.4 Å². The van der Waals surface area contributed by atoms with Crippen molar-refractivity contribution >= 4 is 17.3 Å². The van der Waals surface area contributed by atoms with E-state index >= 15 is 0 Å². The van der Waals surface area contributed by atoms with Gasteiger partial charge in [-0.15, -0.1) is 0 Å². The summed E-state index contributed by atoms with van der Waals surface area (Å²) < 4.78 is 5.44. The zero-order valence-electron chi connectivity index (χ0n) is 12.3. The third kappa shape index (κ3) is 3.04. The van der Waals surface area contributed by atoms with Crippen molar-refractivity contribution in [2.45, 2.75) is 18.9 Å². The van der Waals surface area contributed by atoms with Crippen LogP contribution in [0.5, 0.6) is 0 Å². The first-order valence-electron chi connectivity index (χ1n) is 7.55. The first kappa shape index (κ1) is 14.8. The van der Waals surface area contributed by atoms with Crippen LogP contribution in [0.2, 0.25) is 0 Å². The SMILES string of the molecule is O=C(C1CCCO1)N1CCN(c2cccc([N+](=O)[O-])c2)CC1. The first-order chi connectivity index (χ1) is 10.6. The molecule has 0 aliphatic carbocycles. The summed E-state index contributed by atoms with van der Waals surface area (Å²) in [7, 11) is 0. The van der Waals surface area contributed by atoms with Crippen LogP contribution in [0.1, 0.15) is 12.8 Å². The van der Waals surface area contributed by atoms with Crippen molar-refractivity contribution in [1.82, 2.24) is 4.90 Å². The van der Waals surface area contributed by atoms with Crippen LogP contribution in [0.15, 0.2) is 24.3 Å². The Bertz CT molecular complexity index is 564. The number of non-ortho nitro benzene ring substituents is 1. The molecule has 0 radical (unpaired) electrons. The Kier molecular flexibility index (Phi) is 4.24. The number of benzene rings is 1. The second-order valence-electron chi connectivity index (χ2n) is 5.59. The average molecular weight is 305 g/mol. The monoisotopic (exact) mass is 305 g/mol. The van der Waals surface area contributed by atoms with Gasteiger partial charge in [0.05, 0.1) is 4.92 Å². The zero-order valence-corrected chi connectivity index (χ0v) is 12.3. The standard InChI is InChI=1S/C15H19N3O4/c19-15(14-5-2-10-22-14)17-8-6-16(7-9-17)12-3-1-4-13(11-12)18(20)21/h1,3-4,11,14H,2,5-10H2. The highest BCUT2D eigenvalue weighted by Crippen LogP contribution is 2.23. The molecule has 0 saturated carbocycles. The van der Waals surface area contributed by atoms with Crippen LogP contribution in [0.3, 0.4) is 0 Å². The van der Waals surface area contributed by atoms with Crippen LogP contribution < -0.4 is 4.90 Å². The minimum absolute atomic E-state index is 0.0798. The Morgan fingerprint density at radius 3 is 2.68 bits per heavy atom. The average Bonchev–Trinajstić information content (AvgIpc) is 3.09. The van der Waals surface area contributed by atoms with Gasteiger partial charge in [0.25, 0.3) is 11.6 Å². The topological polar surface area (TPSA) is 75.9 Å². The first-order valence-corrected chi connectivity index (χ1v) is 7.55. The molecule has 2 aliphatic rings. The fraction of sp³-hybridized carbons (Fsp3) is 0.533. The predicted octanol–water partition coefficient (Wildman–Crippen LogP) is 1.42. The number of nitrogens with zero attached hydrogens (tertiary/aromatic N) is 3. The van der Waals surface area contributed by atoms with Gasteiger partial charge < -0.3 is 14.5 Å². The molecule has 1 aromatic carbocycles. The number of piperazine rings is 1. The quantitative estimate of drug-likeness (QED) is 0.623. The number of rotatable bonds is 3. The van der Waals surface area contributed by atoms with E-state index < -0.39 is 0 Å². The van der Waals surface area contributed by atoms with Crippen LogP contribution in [0.25, 0.3) is 0 Å². The van der Waals surface area contributed by atoms with Crippen LogP contribution >= 0.6 is 0 Å². The highest BCUT2D eigenvalue weighted by atomic mass is 16.6. The summed E-state index contributed by atoms with van der Waals surface area (Å²) in [6.45, 7) is 3.28. The van der Waals surface area contributed by atoms with Gasteiger partial charge in [-0.3, -0.25) is 14.9 Å². The summed E-state index contributed by atoms with van der Waals surface area (Å²) in [5, 5.41) is 10.8. The van der Waals surface area contributed by atoms with Gasteiger partial charge in [0.2, 0.25) is 0 Å². The Morgan fingerprint density at radius 2 is 2.05 bits per heavy atom. The van der Waals surface area contributed by atoms with E-state index in [4.69, 9.17) is 4.74 Å². The van der Waals surface area contributed by atoms with Crippen molar-refractivity contribution in [2.75, 3.05) is 37.7 Å². The van der Waals surface area contributed by atoms with Crippen molar-refractivity contribution in [2.24, 2.45) is 0 Å². The second-order valence-corrected chi connectivity index (χ2v) is 5.59. The highest BCUT2D eigenvalue weighted by molar-refractivity contribution is 5.81. The molecule has 1 aromatic rings. The zero-order chi connectivity index (χ0) is 15.5. The van der Waals surface area contributed by atoms with E-state index in [1.165, 1.54) is 6.07 Å². The molecule has 2 saturated heterocycles. The lowest BCUT2D eigenvalue weighted by Gasteiger charge is -2.36. The van der Waals surface area contributed by atoms with Gasteiger partial charge in [0.15, 0.2) is 0 Å². The molecule has 2 fully saturated rings. The molecule has 2 heterocycles. The van der Waals surface area contributed by atoms with Crippen LogP contribution in [-0.4, -0.2) is 54.6 Å². The second kappa shape index (κ2) is 6.31. The van der Waals surface area contributed by atoms with Gasteiger partial charge in [-0.25, -0.2) is 0 Å². The molecule has 0 bridgehead atoms. The fourth-order valence-electron chi connectivity index (χ4n) is 2.96. The molecule has 7 nitrogen and oxygen atoms in total. The molecule has 2 aliphatic heterocycles. The summed E-state index contributed by atoms with van der Waals surface area (Å²) in [6, 6.07) is 6.63. The van der Waals surface area contributed by atoms with Crippen molar-refractivity contribution in [1.29, 1.82) is 0 Å².